The number of aliphatic hydroxyl groups excluding tert-OH is 1. The fourth-order valence-corrected chi connectivity index (χ4v) is 3.13. The fourth-order valence-electron chi connectivity index (χ4n) is 1.94. The molecule has 0 aliphatic heterocycles. The molecular weight excluding hydrogens is 338 g/mol. The quantitative estimate of drug-likeness (QED) is 0.859. The first kappa shape index (κ1) is 15.2. The molecule has 1 amide bonds. The van der Waals surface area contributed by atoms with Crippen LogP contribution in [-0.4, -0.2) is 17.1 Å². The number of halogens is 1. The highest BCUT2D eigenvalue weighted by molar-refractivity contribution is 9.10. The molecular formula is C15H16BrNO2S. The summed E-state index contributed by atoms with van der Waals surface area (Å²) in [7, 11) is 0. The summed E-state index contributed by atoms with van der Waals surface area (Å²) >= 11 is 4.88. The Balaban J connectivity index is 1.93. The first-order valence-corrected chi connectivity index (χ1v) is 8.02. The van der Waals surface area contributed by atoms with E-state index in [0.717, 1.165) is 9.35 Å². The molecule has 0 fully saturated rings. The Kier molecular flexibility index (Phi) is 5.34. The third kappa shape index (κ3) is 3.91. The predicted molar refractivity (Wildman–Crippen MR) is 85.0 cm³/mol. The van der Waals surface area contributed by atoms with Crippen LogP contribution in [0.3, 0.4) is 0 Å². The van der Waals surface area contributed by atoms with Crippen molar-refractivity contribution in [2.75, 3.05) is 0 Å². The number of hydrogen-bond donors (Lipinski definition) is 2. The van der Waals surface area contributed by atoms with Gasteiger partial charge in [0.05, 0.1) is 11.7 Å². The van der Waals surface area contributed by atoms with E-state index < -0.39 is 6.10 Å². The molecule has 2 rings (SSSR count). The van der Waals surface area contributed by atoms with Crippen molar-refractivity contribution >= 4 is 33.2 Å². The number of hydrogen-bond acceptors (Lipinski definition) is 3. The lowest BCUT2D eigenvalue weighted by Crippen LogP contribution is -2.33. The van der Waals surface area contributed by atoms with Crippen molar-refractivity contribution < 1.29 is 9.90 Å². The van der Waals surface area contributed by atoms with Gasteiger partial charge in [0.1, 0.15) is 0 Å². The van der Waals surface area contributed by atoms with Gasteiger partial charge in [-0.25, -0.2) is 0 Å². The van der Waals surface area contributed by atoms with Crippen molar-refractivity contribution in [3.63, 3.8) is 0 Å². The van der Waals surface area contributed by atoms with Crippen LogP contribution >= 0.6 is 27.3 Å². The van der Waals surface area contributed by atoms with Crippen molar-refractivity contribution in [3.05, 3.63) is 56.7 Å². The van der Waals surface area contributed by atoms with E-state index in [1.165, 1.54) is 11.3 Å². The van der Waals surface area contributed by atoms with Gasteiger partial charge in [-0.3, -0.25) is 4.79 Å². The second-order valence-corrected chi connectivity index (χ2v) is 6.45. The highest BCUT2D eigenvalue weighted by atomic mass is 79.9. The molecule has 106 valence electrons. The number of nitrogens with one attached hydrogen (secondary N) is 1. The highest BCUT2D eigenvalue weighted by Gasteiger charge is 2.16. The van der Waals surface area contributed by atoms with Crippen LogP contribution in [0.5, 0.6) is 0 Å². The number of aliphatic hydroxyl groups is 1. The lowest BCUT2D eigenvalue weighted by molar-refractivity contribution is 0.0917. The first-order chi connectivity index (χ1) is 9.58. The van der Waals surface area contributed by atoms with Crippen LogP contribution in [0.15, 0.2) is 46.3 Å². The van der Waals surface area contributed by atoms with Gasteiger partial charge in [-0.1, -0.05) is 18.2 Å². The molecule has 20 heavy (non-hydrogen) atoms. The zero-order valence-corrected chi connectivity index (χ0v) is 13.4. The summed E-state index contributed by atoms with van der Waals surface area (Å²) in [6.07, 6.45) is -0.0408. The molecule has 0 saturated carbocycles. The average Bonchev–Trinajstić information content (AvgIpc) is 2.92. The maximum Gasteiger partial charge on any atom is 0.252 e. The number of amides is 1. The summed E-state index contributed by atoms with van der Waals surface area (Å²) in [4.78, 5) is 13.0. The van der Waals surface area contributed by atoms with Crippen LogP contribution in [0.25, 0.3) is 0 Å². The SMILES string of the molecule is C[C@H](C[C@H](O)c1cccs1)NC(=O)c1ccccc1Br. The summed E-state index contributed by atoms with van der Waals surface area (Å²) in [5.74, 6) is -0.136. The van der Waals surface area contributed by atoms with E-state index in [-0.39, 0.29) is 11.9 Å². The maximum atomic E-state index is 12.1. The van der Waals surface area contributed by atoms with Crippen LogP contribution in [0, 0.1) is 0 Å². The van der Waals surface area contributed by atoms with Crippen LogP contribution in [0.4, 0.5) is 0 Å². The zero-order valence-electron chi connectivity index (χ0n) is 11.0. The Labute approximate surface area is 130 Å². The molecule has 2 atom stereocenters. The fraction of sp³-hybridized carbons (Fsp3) is 0.267. The Morgan fingerprint density at radius 3 is 2.75 bits per heavy atom. The van der Waals surface area contributed by atoms with Crippen molar-refractivity contribution in [2.24, 2.45) is 0 Å². The van der Waals surface area contributed by atoms with Gasteiger partial charge in [0.2, 0.25) is 0 Å². The largest absolute Gasteiger partial charge is 0.387 e. The van der Waals surface area contributed by atoms with Gasteiger partial charge < -0.3 is 10.4 Å². The van der Waals surface area contributed by atoms with Crippen LogP contribution in [0.2, 0.25) is 0 Å². The topological polar surface area (TPSA) is 49.3 Å². The molecule has 0 aliphatic rings. The van der Waals surface area contributed by atoms with E-state index in [4.69, 9.17) is 0 Å². The zero-order chi connectivity index (χ0) is 14.5. The average molecular weight is 354 g/mol. The normalized spacial score (nSPS) is 13.8. The monoisotopic (exact) mass is 353 g/mol. The molecule has 5 heteroatoms. The minimum Gasteiger partial charge on any atom is -0.387 e. The van der Waals surface area contributed by atoms with E-state index in [1.54, 1.807) is 6.07 Å². The van der Waals surface area contributed by atoms with Crippen molar-refractivity contribution in [1.82, 2.24) is 5.32 Å². The van der Waals surface area contributed by atoms with E-state index in [2.05, 4.69) is 21.2 Å². The number of benzene rings is 1. The molecule has 1 aromatic heterocycles. The summed E-state index contributed by atoms with van der Waals surface area (Å²) in [5, 5.41) is 14.9. The predicted octanol–water partition coefficient (Wildman–Crippen LogP) is 3.75. The molecule has 1 aromatic carbocycles. The van der Waals surface area contributed by atoms with Crippen molar-refractivity contribution in [3.8, 4) is 0 Å². The molecule has 0 bridgehead atoms. The van der Waals surface area contributed by atoms with Gasteiger partial charge in [0.15, 0.2) is 0 Å². The maximum absolute atomic E-state index is 12.1. The first-order valence-electron chi connectivity index (χ1n) is 6.35. The number of carbonyl (C=O) groups is 1. The smallest absolute Gasteiger partial charge is 0.252 e. The molecule has 0 unspecified atom stereocenters. The van der Waals surface area contributed by atoms with Crippen LogP contribution in [0.1, 0.15) is 34.7 Å². The molecule has 0 radical (unpaired) electrons. The van der Waals surface area contributed by atoms with Gasteiger partial charge in [-0.05, 0) is 52.9 Å². The van der Waals surface area contributed by atoms with Crippen LogP contribution in [-0.2, 0) is 0 Å². The number of thiophene rings is 1. The lowest BCUT2D eigenvalue weighted by atomic mass is 10.1. The molecule has 2 N–H and O–H groups in total. The molecule has 2 aromatic rings. The van der Waals surface area contributed by atoms with Gasteiger partial charge in [0, 0.05) is 15.4 Å². The summed E-state index contributed by atoms with van der Waals surface area (Å²) in [6, 6.07) is 11.0. The molecule has 1 heterocycles. The van der Waals surface area contributed by atoms with E-state index in [9.17, 15) is 9.90 Å². The van der Waals surface area contributed by atoms with Crippen molar-refractivity contribution in [2.45, 2.75) is 25.5 Å². The number of rotatable bonds is 5. The van der Waals surface area contributed by atoms with E-state index >= 15 is 0 Å². The van der Waals surface area contributed by atoms with Crippen LogP contribution < -0.4 is 5.32 Å². The Morgan fingerprint density at radius 2 is 2.10 bits per heavy atom. The second-order valence-electron chi connectivity index (χ2n) is 4.62. The third-order valence-electron chi connectivity index (χ3n) is 2.94. The second kappa shape index (κ2) is 7.02. The minimum absolute atomic E-state index is 0.105. The molecule has 0 aliphatic carbocycles. The van der Waals surface area contributed by atoms with Gasteiger partial charge in [-0.2, -0.15) is 0 Å². The number of carbonyl (C=O) groups excluding carboxylic acids is 1. The molecule has 0 saturated heterocycles. The Hall–Kier alpha value is -1.17. The molecule has 3 nitrogen and oxygen atoms in total. The lowest BCUT2D eigenvalue weighted by Gasteiger charge is -2.17. The minimum atomic E-state index is -0.537. The highest BCUT2D eigenvalue weighted by Crippen LogP contribution is 2.23. The van der Waals surface area contributed by atoms with Gasteiger partial charge >= 0.3 is 0 Å². The third-order valence-corrected chi connectivity index (χ3v) is 4.61. The molecule has 0 spiro atoms. The standard InChI is InChI=1S/C15H16BrNO2S/c1-10(9-13(18)14-7-4-8-20-14)17-15(19)11-5-2-3-6-12(11)16/h2-8,10,13,18H,9H2,1H3,(H,17,19)/t10-,13+/m1/s1. The summed E-state index contributed by atoms with van der Waals surface area (Å²) in [6.45, 7) is 1.89. The van der Waals surface area contributed by atoms with E-state index in [0.29, 0.717) is 12.0 Å². The van der Waals surface area contributed by atoms with Gasteiger partial charge in [-0.15, -0.1) is 11.3 Å². The Bertz CT molecular complexity index is 571. The Morgan fingerprint density at radius 1 is 1.35 bits per heavy atom. The van der Waals surface area contributed by atoms with E-state index in [1.807, 2.05) is 42.6 Å². The van der Waals surface area contributed by atoms with Gasteiger partial charge in [0.25, 0.3) is 5.91 Å². The summed E-state index contributed by atoms with van der Waals surface area (Å²) in [5.41, 5.74) is 0.602. The van der Waals surface area contributed by atoms with Crippen molar-refractivity contribution in [1.29, 1.82) is 0 Å². The summed E-state index contributed by atoms with van der Waals surface area (Å²) < 4.78 is 0.767.